The van der Waals surface area contributed by atoms with E-state index in [9.17, 15) is 9.18 Å². The van der Waals surface area contributed by atoms with Gasteiger partial charge in [-0.3, -0.25) is 4.79 Å². The van der Waals surface area contributed by atoms with E-state index in [4.69, 9.17) is 4.74 Å². The Morgan fingerprint density at radius 3 is 2.48 bits per heavy atom. The molecular formula is C21H27FN4O2S. The van der Waals surface area contributed by atoms with E-state index >= 15 is 0 Å². The Balaban J connectivity index is 1.31. The van der Waals surface area contributed by atoms with Crippen molar-refractivity contribution in [1.82, 2.24) is 14.3 Å². The minimum atomic E-state index is -0.237. The zero-order valence-electron chi connectivity index (χ0n) is 16.9. The minimum Gasteiger partial charge on any atom is -0.372 e. The molecule has 6 nitrogen and oxygen atoms in total. The van der Waals surface area contributed by atoms with Crippen molar-refractivity contribution in [3.63, 3.8) is 0 Å². The average molecular weight is 419 g/mol. The molecule has 156 valence electrons. The van der Waals surface area contributed by atoms with E-state index in [1.54, 1.807) is 12.1 Å². The number of piperidine rings is 1. The molecule has 2 fully saturated rings. The quantitative estimate of drug-likeness (QED) is 0.764. The van der Waals surface area contributed by atoms with E-state index < -0.39 is 0 Å². The number of carbonyl (C=O) groups is 1. The molecule has 29 heavy (non-hydrogen) atoms. The summed E-state index contributed by atoms with van der Waals surface area (Å²) in [5.74, 6) is 0.862. The van der Waals surface area contributed by atoms with E-state index in [1.807, 2.05) is 18.7 Å². The molecule has 2 unspecified atom stereocenters. The minimum absolute atomic E-state index is 0.0790. The van der Waals surface area contributed by atoms with Crippen LogP contribution in [0.3, 0.4) is 0 Å². The molecule has 0 saturated carbocycles. The second kappa shape index (κ2) is 8.75. The molecule has 2 aliphatic rings. The lowest BCUT2D eigenvalue weighted by Gasteiger charge is -2.39. The number of ether oxygens (including phenoxy) is 1. The fourth-order valence-electron chi connectivity index (χ4n) is 4.16. The number of hydrogen-bond acceptors (Lipinski definition) is 6. The van der Waals surface area contributed by atoms with Crippen LogP contribution in [0.5, 0.6) is 0 Å². The van der Waals surface area contributed by atoms with Gasteiger partial charge >= 0.3 is 0 Å². The standard InChI is InChI=1S/C21H27FN4O2S/c1-14-12-26(13-15(2)28-14)20(27)17-7-9-25(10-8-17)21-23-19(24-29-21)11-16-3-5-18(22)6-4-16/h3-6,14-15,17H,7-13H2,1-2H3. The molecule has 0 bridgehead atoms. The van der Waals surface area contributed by atoms with Crippen molar-refractivity contribution in [3.8, 4) is 0 Å². The predicted octanol–water partition coefficient (Wildman–Crippen LogP) is 3.12. The van der Waals surface area contributed by atoms with Gasteiger partial charge in [-0.25, -0.2) is 9.37 Å². The number of benzene rings is 1. The first-order chi connectivity index (χ1) is 14.0. The van der Waals surface area contributed by atoms with Gasteiger partial charge in [0.15, 0.2) is 0 Å². The van der Waals surface area contributed by atoms with Crippen molar-refractivity contribution < 1.29 is 13.9 Å². The Morgan fingerprint density at radius 1 is 1.17 bits per heavy atom. The van der Waals surface area contributed by atoms with Gasteiger partial charge in [-0.1, -0.05) is 12.1 Å². The molecule has 0 spiro atoms. The number of morpholine rings is 1. The second-order valence-corrected chi connectivity index (χ2v) is 8.79. The highest BCUT2D eigenvalue weighted by atomic mass is 32.1. The van der Waals surface area contributed by atoms with Gasteiger partial charge in [0.25, 0.3) is 0 Å². The largest absolute Gasteiger partial charge is 0.372 e. The fourth-order valence-corrected chi connectivity index (χ4v) is 4.90. The molecule has 1 aromatic carbocycles. The number of aromatic nitrogens is 2. The second-order valence-electron chi connectivity index (χ2n) is 8.06. The monoisotopic (exact) mass is 418 g/mol. The van der Waals surface area contributed by atoms with Gasteiger partial charge in [0.05, 0.1) is 12.2 Å². The molecule has 2 atom stereocenters. The molecule has 8 heteroatoms. The summed E-state index contributed by atoms with van der Waals surface area (Å²) in [6.07, 6.45) is 2.48. The van der Waals surface area contributed by atoms with E-state index in [0.717, 1.165) is 42.5 Å². The highest BCUT2D eigenvalue weighted by Gasteiger charge is 2.33. The van der Waals surface area contributed by atoms with Gasteiger partial charge in [0, 0.05) is 50.1 Å². The van der Waals surface area contributed by atoms with Crippen molar-refractivity contribution in [3.05, 3.63) is 41.5 Å². The summed E-state index contributed by atoms with van der Waals surface area (Å²) >= 11 is 1.40. The number of carbonyl (C=O) groups excluding carboxylic acids is 1. The number of amides is 1. The van der Waals surface area contributed by atoms with E-state index in [0.29, 0.717) is 19.5 Å². The molecule has 0 N–H and O–H groups in total. The lowest BCUT2D eigenvalue weighted by atomic mass is 9.95. The molecule has 2 aromatic rings. The van der Waals surface area contributed by atoms with Crippen LogP contribution in [0.15, 0.2) is 24.3 Å². The number of nitrogens with zero attached hydrogens (tertiary/aromatic N) is 4. The molecule has 2 aliphatic heterocycles. The zero-order chi connectivity index (χ0) is 20.4. The summed E-state index contributed by atoms with van der Waals surface area (Å²) in [5, 5.41) is 0.904. The fraction of sp³-hybridized carbons (Fsp3) is 0.571. The van der Waals surface area contributed by atoms with Crippen LogP contribution in [0.25, 0.3) is 0 Å². The highest BCUT2D eigenvalue weighted by Crippen LogP contribution is 2.27. The third kappa shape index (κ3) is 4.93. The zero-order valence-corrected chi connectivity index (χ0v) is 17.7. The van der Waals surface area contributed by atoms with Gasteiger partial charge in [-0.05, 0) is 44.4 Å². The lowest BCUT2D eigenvalue weighted by Crippen LogP contribution is -2.51. The summed E-state index contributed by atoms with van der Waals surface area (Å²) in [6.45, 7) is 7.06. The topological polar surface area (TPSA) is 58.6 Å². The molecular weight excluding hydrogens is 391 g/mol. The van der Waals surface area contributed by atoms with Crippen molar-refractivity contribution in [2.45, 2.75) is 45.3 Å². The first-order valence-electron chi connectivity index (χ1n) is 10.2. The molecule has 1 amide bonds. The lowest BCUT2D eigenvalue weighted by molar-refractivity contribution is -0.148. The van der Waals surface area contributed by atoms with E-state index in [2.05, 4.69) is 14.3 Å². The molecule has 1 aromatic heterocycles. The number of rotatable bonds is 4. The number of halogens is 1. The SMILES string of the molecule is CC1CN(C(=O)C2CCN(c3nc(Cc4ccc(F)cc4)ns3)CC2)CC(C)O1. The van der Waals surface area contributed by atoms with Gasteiger partial charge in [-0.2, -0.15) is 4.37 Å². The summed E-state index contributed by atoms with van der Waals surface area (Å²) in [5.41, 5.74) is 0.994. The summed E-state index contributed by atoms with van der Waals surface area (Å²) in [6, 6.07) is 6.45. The van der Waals surface area contributed by atoms with Crippen molar-refractivity contribution in [1.29, 1.82) is 0 Å². The van der Waals surface area contributed by atoms with Gasteiger partial charge in [0.1, 0.15) is 11.6 Å². The molecule has 2 saturated heterocycles. The summed E-state index contributed by atoms with van der Waals surface area (Å²) in [4.78, 5) is 21.8. The van der Waals surface area contributed by atoms with Crippen molar-refractivity contribution in [2.75, 3.05) is 31.1 Å². The Bertz CT molecular complexity index is 825. The first kappa shape index (κ1) is 20.2. The maximum atomic E-state index is 13.0. The van der Waals surface area contributed by atoms with Gasteiger partial charge in [0.2, 0.25) is 11.0 Å². The van der Waals surface area contributed by atoms with Crippen LogP contribution in [0.4, 0.5) is 9.52 Å². The molecule has 0 radical (unpaired) electrons. The Labute approximate surface area is 174 Å². The van der Waals surface area contributed by atoms with Crippen LogP contribution >= 0.6 is 11.5 Å². The number of hydrogen-bond donors (Lipinski definition) is 0. The number of anilines is 1. The van der Waals surface area contributed by atoms with Crippen LogP contribution < -0.4 is 4.90 Å². The van der Waals surface area contributed by atoms with Crippen molar-refractivity contribution in [2.24, 2.45) is 5.92 Å². The summed E-state index contributed by atoms with van der Waals surface area (Å²) in [7, 11) is 0. The third-order valence-corrected chi connectivity index (χ3v) is 6.39. The van der Waals surface area contributed by atoms with Crippen LogP contribution in [-0.4, -0.2) is 58.6 Å². The Kier molecular flexibility index (Phi) is 6.10. The molecule has 0 aliphatic carbocycles. The summed E-state index contributed by atoms with van der Waals surface area (Å²) < 4.78 is 23.3. The molecule has 4 rings (SSSR count). The Hall–Kier alpha value is -2.06. The van der Waals surface area contributed by atoms with E-state index in [1.165, 1.54) is 23.7 Å². The van der Waals surface area contributed by atoms with E-state index in [-0.39, 0.29) is 29.9 Å². The first-order valence-corrected chi connectivity index (χ1v) is 11.0. The average Bonchev–Trinajstić information content (AvgIpc) is 3.17. The maximum absolute atomic E-state index is 13.0. The van der Waals surface area contributed by atoms with Crippen LogP contribution in [-0.2, 0) is 16.0 Å². The predicted molar refractivity (Wildman–Crippen MR) is 111 cm³/mol. The van der Waals surface area contributed by atoms with Crippen LogP contribution in [0, 0.1) is 11.7 Å². The van der Waals surface area contributed by atoms with Crippen LogP contribution in [0.1, 0.15) is 38.1 Å². The van der Waals surface area contributed by atoms with Crippen molar-refractivity contribution >= 4 is 22.6 Å². The normalized spacial score (nSPS) is 23.4. The third-order valence-electron chi connectivity index (χ3n) is 5.58. The van der Waals surface area contributed by atoms with Crippen LogP contribution in [0.2, 0.25) is 0 Å². The van der Waals surface area contributed by atoms with Gasteiger partial charge < -0.3 is 14.5 Å². The maximum Gasteiger partial charge on any atom is 0.225 e. The Morgan fingerprint density at radius 2 is 1.83 bits per heavy atom. The highest BCUT2D eigenvalue weighted by molar-refractivity contribution is 7.09. The van der Waals surface area contributed by atoms with Gasteiger partial charge in [-0.15, -0.1) is 0 Å². The smallest absolute Gasteiger partial charge is 0.225 e. The molecule has 3 heterocycles.